The van der Waals surface area contributed by atoms with Crippen molar-refractivity contribution < 1.29 is 24.0 Å². The normalized spacial score (nSPS) is 9.65. The Balaban J connectivity index is 1.83. The zero-order chi connectivity index (χ0) is 18.9. The zero-order valence-corrected chi connectivity index (χ0v) is 13.4. The van der Waals surface area contributed by atoms with Crippen molar-refractivity contribution in [3.05, 3.63) is 64.2 Å². The Morgan fingerprint density at radius 2 is 1.81 bits per heavy atom. The fourth-order valence-electron chi connectivity index (χ4n) is 1.93. The van der Waals surface area contributed by atoms with Crippen molar-refractivity contribution in [3.63, 3.8) is 0 Å². The van der Waals surface area contributed by atoms with Crippen LogP contribution >= 0.6 is 0 Å². The molecule has 0 aliphatic heterocycles. The number of nitrogens with zero attached hydrogens (tertiary/aromatic N) is 2. The Labute approximate surface area is 147 Å². The number of nitro groups is 1. The van der Waals surface area contributed by atoms with Gasteiger partial charge in [-0.1, -0.05) is 24.3 Å². The zero-order valence-electron chi connectivity index (χ0n) is 13.4. The average Bonchev–Trinajstić information content (AvgIpc) is 2.65. The first kappa shape index (κ1) is 18.4. The molecule has 2 aromatic rings. The predicted octanol–water partition coefficient (Wildman–Crippen LogP) is 2.03. The molecule has 0 unspecified atom stereocenters. The van der Waals surface area contributed by atoms with Gasteiger partial charge in [0.25, 0.3) is 11.6 Å². The molecule has 0 saturated carbocycles. The van der Waals surface area contributed by atoms with Crippen molar-refractivity contribution in [1.29, 1.82) is 5.26 Å². The molecule has 1 amide bonds. The summed E-state index contributed by atoms with van der Waals surface area (Å²) in [6.07, 6.45) is 0. The Bertz CT molecular complexity index is 875. The highest BCUT2D eigenvalue weighted by atomic mass is 16.6. The highest BCUT2D eigenvalue weighted by Gasteiger charge is 2.16. The molecule has 0 heterocycles. The second-order valence-electron chi connectivity index (χ2n) is 4.88. The number of anilines is 1. The molecule has 2 aromatic carbocycles. The molecule has 9 nitrogen and oxygen atoms in total. The van der Waals surface area contributed by atoms with E-state index in [-0.39, 0.29) is 22.7 Å². The summed E-state index contributed by atoms with van der Waals surface area (Å²) in [5, 5.41) is 22.1. The molecular weight excluding hydrogens is 342 g/mol. The molecule has 1 N–H and O–H groups in total. The van der Waals surface area contributed by atoms with Gasteiger partial charge < -0.3 is 14.8 Å². The lowest BCUT2D eigenvalue weighted by Gasteiger charge is -2.08. The molecular formula is C17H13N3O6. The number of carbonyl (C=O) groups excluding carboxylic acids is 2. The van der Waals surface area contributed by atoms with Gasteiger partial charge in [0.15, 0.2) is 13.2 Å². The molecule has 0 fully saturated rings. The minimum absolute atomic E-state index is 0.00209. The molecule has 0 aromatic heterocycles. The average molecular weight is 355 g/mol. The molecule has 0 aliphatic carbocycles. The maximum atomic E-state index is 11.8. The van der Waals surface area contributed by atoms with Crippen molar-refractivity contribution in [2.45, 2.75) is 0 Å². The van der Waals surface area contributed by atoms with Crippen LogP contribution in [0.4, 0.5) is 11.4 Å². The highest BCUT2D eigenvalue weighted by molar-refractivity contribution is 5.94. The largest absolute Gasteiger partial charge is 0.481 e. The molecule has 132 valence electrons. The van der Waals surface area contributed by atoms with Crippen LogP contribution in [0, 0.1) is 21.4 Å². The van der Waals surface area contributed by atoms with Gasteiger partial charge in [0.2, 0.25) is 0 Å². The fourth-order valence-corrected chi connectivity index (χ4v) is 1.93. The summed E-state index contributed by atoms with van der Waals surface area (Å²) in [5.74, 6) is -1.34. The van der Waals surface area contributed by atoms with Crippen LogP contribution in [-0.2, 0) is 14.3 Å². The number of esters is 1. The summed E-state index contributed by atoms with van der Waals surface area (Å²) in [6.45, 7) is -1.12. The molecule has 0 bridgehead atoms. The minimum Gasteiger partial charge on any atom is -0.481 e. The minimum atomic E-state index is -0.824. The fraction of sp³-hybridized carbons (Fsp3) is 0.118. The molecule has 9 heteroatoms. The van der Waals surface area contributed by atoms with Gasteiger partial charge in [0, 0.05) is 6.07 Å². The lowest BCUT2D eigenvalue weighted by molar-refractivity contribution is -0.383. The number of nitrogens with one attached hydrogen (secondary N) is 1. The third kappa shape index (κ3) is 5.04. The molecule has 2 rings (SSSR count). The Morgan fingerprint density at radius 3 is 2.54 bits per heavy atom. The monoisotopic (exact) mass is 355 g/mol. The number of hydrogen-bond donors (Lipinski definition) is 1. The third-order valence-corrected chi connectivity index (χ3v) is 3.09. The second-order valence-corrected chi connectivity index (χ2v) is 4.88. The van der Waals surface area contributed by atoms with Crippen molar-refractivity contribution >= 4 is 23.3 Å². The number of nitriles is 1. The van der Waals surface area contributed by atoms with Crippen molar-refractivity contribution in [3.8, 4) is 11.8 Å². The predicted molar refractivity (Wildman–Crippen MR) is 89.3 cm³/mol. The van der Waals surface area contributed by atoms with Gasteiger partial charge in [-0.3, -0.25) is 14.9 Å². The van der Waals surface area contributed by atoms with Crippen LogP contribution in [0.25, 0.3) is 0 Å². The van der Waals surface area contributed by atoms with Crippen molar-refractivity contribution in [2.24, 2.45) is 0 Å². The summed E-state index contributed by atoms with van der Waals surface area (Å²) in [5.41, 5.74) is -0.0178. The van der Waals surface area contributed by atoms with Gasteiger partial charge in [-0.15, -0.1) is 0 Å². The number of benzene rings is 2. The van der Waals surface area contributed by atoms with E-state index >= 15 is 0 Å². The summed E-state index contributed by atoms with van der Waals surface area (Å²) >= 11 is 0. The summed E-state index contributed by atoms with van der Waals surface area (Å²) in [7, 11) is 0. The maximum absolute atomic E-state index is 11.8. The number of nitro benzene ring substituents is 1. The molecule has 0 saturated heterocycles. The van der Waals surface area contributed by atoms with Crippen LogP contribution < -0.4 is 10.1 Å². The number of carbonyl (C=O) groups is 2. The molecule has 0 atom stereocenters. The number of rotatable bonds is 7. The van der Waals surface area contributed by atoms with Crippen LogP contribution in [0.2, 0.25) is 0 Å². The Kier molecular flexibility index (Phi) is 6.23. The van der Waals surface area contributed by atoms with Gasteiger partial charge in [-0.2, -0.15) is 5.26 Å². The van der Waals surface area contributed by atoms with E-state index in [0.29, 0.717) is 0 Å². The van der Waals surface area contributed by atoms with Crippen LogP contribution in [0.5, 0.6) is 5.75 Å². The van der Waals surface area contributed by atoms with E-state index < -0.39 is 30.0 Å². The lowest BCUT2D eigenvalue weighted by Crippen LogP contribution is -2.24. The van der Waals surface area contributed by atoms with Crippen molar-refractivity contribution in [1.82, 2.24) is 0 Å². The van der Waals surface area contributed by atoms with E-state index in [1.54, 1.807) is 12.1 Å². The first-order chi connectivity index (χ1) is 12.5. The SMILES string of the molecule is N#Cc1ccccc1OCC(=O)OCC(=O)Nc1ccccc1[N+](=O)[O-]. The number of hydrogen-bond acceptors (Lipinski definition) is 7. The van der Waals surface area contributed by atoms with Gasteiger partial charge >= 0.3 is 5.97 Å². The van der Waals surface area contributed by atoms with Crippen LogP contribution in [0.3, 0.4) is 0 Å². The van der Waals surface area contributed by atoms with E-state index in [2.05, 4.69) is 5.32 Å². The van der Waals surface area contributed by atoms with E-state index in [1.807, 2.05) is 6.07 Å². The van der Waals surface area contributed by atoms with Crippen LogP contribution in [-0.4, -0.2) is 30.0 Å². The quantitative estimate of drug-likeness (QED) is 0.456. The van der Waals surface area contributed by atoms with E-state index in [9.17, 15) is 19.7 Å². The van der Waals surface area contributed by atoms with Gasteiger partial charge in [0.05, 0.1) is 10.5 Å². The summed E-state index contributed by atoms with van der Waals surface area (Å²) < 4.78 is 9.92. The van der Waals surface area contributed by atoms with Gasteiger partial charge in [-0.25, -0.2) is 4.79 Å². The molecule has 0 aliphatic rings. The van der Waals surface area contributed by atoms with E-state index in [0.717, 1.165) is 0 Å². The first-order valence-corrected chi connectivity index (χ1v) is 7.32. The maximum Gasteiger partial charge on any atom is 0.344 e. The number of ether oxygens (including phenoxy) is 2. The summed E-state index contributed by atoms with van der Waals surface area (Å²) in [6, 6.07) is 13.8. The Hall–Kier alpha value is -3.93. The lowest BCUT2D eigenvalue weighted by atomic mass is 10.2. The topological polar surface area (TPSA) is 132 Å². The first-order valence-electron chi connectivity index (χ1n) is 7.32. The van der Waals surface area contributed by atoms with Crippen LogP contribution in [0.1, 0.15) is 5.56 Å². The molecule has 26 heavy (non-hydrogen) atoms. The number of para-hydroxylation sites is 3. The standard InChI is InChI=1S/C17H13N3O6/c18-9-12-5-1-4-8-15(12)25-11-17(22)26-10-16(21)19-13-6-2-3-7-14(13)20(23)24/h1-8H,10-11H2,(H,19,21). The highest BCUT2D eigenvalue weighted by Crippen LogP contribution is 2.22. The van der Waals surface area contributed by atoms with Crippen LogP contribution in [0.15, 0.2) is 48.5 Å². The van der Waals surface area contributed by atoms with Gasteiger partial charge in [-0.05, 0) is 18.2 Å². The van der Waals surface area contributed by atoms with Crippen molar-refractivity contribution in [2.75, 3.05) is 18.5 Å². The second kappa shape index (κ2) is 8.79. The molecule has 0 radical (unpaired) electrons. The third-order valence-electron chi connectivity index (χ3n) is 3.09. The van der Waals surface area contributed by atoms with E-state index in [4.69, 9.17) is 14.7 Å². The van der Waals surface area contributed by atoms with Gasteiger partial charge in [0.1, 0.15) is 17.5 Å². The smallest absolute Gasteiger partial charge is 0.344 e. The number of amides is 1. The molecule has 0 spiro atoms. The summed E-state index contributed by atoms with van der Waals surface area (Å²) in [4.78, 5) is 33.6. The van der Waals surface area contributed by atoms with E-state index in [1.165, 1.54) is 36.4 Å². The Morgan fingerprint density at radius 1 is 1.12 bits per heavy atom.